The van der Waals surface area contributed by atoms with Gasteiger partial charge in [0.15, 0.2) is 0 Å². The Morgan fingerprint density at radius 3 is 2.52 bits per heavy atom. The minimum absolute atomic E-state index is 0.0953. The van der Waals surface area contributed by atoms with Crippen molar-refractivity contribution < 1.29 is 32.2 Å². The van der Waals surface area contributed by atoms with Crippen LogP contribution in [0.4, 0.5) is 13.2 Å². The SMILES string of the molecule is COC=C(C(=O)OC)c1ccccc1COc1cc(C(F)(F)F)cc(C)n1. The first kappa shape index (κ1) is 20.3. The van der Waals surface area contributed by atoms with Gasteiger partial charge in [-0.2, -0.15) is 13.2 Å². The Labute approximate surface area is 154 Å². The summed E-state index contributed by atoms with van der Waals surface area (Å²) in [5.41, 5.74) is 0.542. The highest BCUT2D eigenvalue weighted by Gasteiger charge is 2.31. The molecule has 0 radical (unpaired) electrons. The van der Waals surface area contributed by atoms with E-state index in [0.29, 0.717) is 11.1 Å². The molecule has 2 aromatic rings. The molecule has 0 spiro atoms. The predicted octanol–water partition coefficient (Wildman–Crippen LogP) is 4.15. The van der Waals surface area contributed by atoms with Gasteiger partial charge in [-0.3, -0.25) is 0 Å². The van der Waals surface area contributed by atoms with Crippen LogP contribution in [-0.2, 0) is 27.1 Å². The van der Waals surface area contributed by atoms with Crippen LogP contribution in [0.2, 0.25) is 0 Å². The van der Waals surface area contributed by atoms with Crippen molar-refractivity contribution in [1.29, 1.82) is 0 Å². The first-order chi connectivity index (χ1) is 12.8. The molecule has 1 aromatic heterocycles. The van der Waals surface area contributed by atoms with Crippen molar-refractivity contribution in [2.45, 2.75) is 19.7 Å². The quantitative estimate of drug-likeness (QED) is 0.427. The maximum atomic E-state index is 12.9. The molecule has 0 saturated heterocycles. The number of aromatic nitrogens is 1. The Morgan fingerprint density at radius 1 is 1.19 bits per heavy atom. The molecule has 0 aliphatic rings. The van der Waals surface area contributed by atoms with E-state index in [9.17, 15) is 18.0 Å². The van der Waals surface area contributed by atoms with Gasteiger partial charge in [0.2, 0.25) is 5.88 Å². The van der Waals surface area contributed by atoms with Crippen LogP contribution in [0.15, 0.2) is 42.7 Å². The van der Waals surface area contributed by atoms with Gasteiger partial charge >= 0.3 is 12.1 Å². The number of rotatable bonds is 6. The minimum Gasteiger partial charge on any atom is -0.503 e. The number of hydrogen-bond donors (Lipinski definition) is 0. The average Bonchev–Trinajstić information content (AvgIpc) is 2.63. The summed E-state index contributed by atoms with van der Waals surface area (Å²) in [7, 11) is 2.62. The first-order valence-corrected chi connectivity index (χ1v) is 7.84. The number of alkyl halides is 3. The molecule has 0 unspecified atom stereocenters. The van der Waals surface area contributed by atoms with E-state index < -0.39 is 17.7 Å². The Bertz CT molecular complexity index is 847. The summed E-state index contributed by atoms with van der Waals surface area (Å²) < 4.78 is 53.9. The van der Waals surface area contributed by atoms with Gasteiger partial charge in [0.1, 0.15) is 12.2 Å². The standard InChI is InChI=1S/C19H18F3NO4/c1-12-8-14(19(20,21)22)9-17(23-12)27-10-13-6-4-5-7-15(13)16(11-25-2)18(24)26-3/h4-9,11H,10H2,1-3H3. The van der Waals surface area contributed by atoms with E-state index in [0.717, 1.165) is 12.1 Å². The lowest BCUT2D eigenvalue weighted by molar-refractivity contribution is -0.138. The monoisotopic (exact) mass is 381 g/mol. The highest BCUT2D eigenvalue weighted by molar-refractivity contribution is 6.16. The molecule has 2 rings (SSSR count). The Morgan fingerprint density at radius 2 is 1.89 bits per heavy atom. The Balaban J connectivity index is 2.31. The second-order valence-corrected chi connectivity index (χ2v) is 5.54. The molecule has 0 aliphatic heterocycles. The largest absolute Gasteiger partial charge is 0.503 e. The summed E-state index contributed by atoms with van der Waals surface area (Å²) in [6, 6.07) is 8.54. The van der Waals surface area contributed by atoms with Crippen LogP contribution in [0.3, 0.4) is 0 Å². The minimum atomic E-state index is -4.50. The van der Waals surface area contributed by atoms with Gasteiger partial charge in [-0.1, -0.05) is 24.3 Å². The van der Waals surface area contributed by atoms with Gasteiger partial charge in [-0.05, 0) is 24.1 Å². The van der Waals surface area contributed by atoms with Crippen LogP contribution in [0, 0.1) is 6.92 Å². The third-order valence-corrected chi connectivity index (χ3v) is 3.58. The maximum Gasteiger partial charge on any atom is 0.416 e. The van der Waals surface area contributed by atoms with Crippen LogP contribution >= 0.6 is 0 Å². The number of nitrogens with zero attached hydrogens (tertiary/aromatic N) is 1. The summed E-state index contributed by atoms with van der Waals surface area (Å²) in [6.45, 7) is 1.36. The fraction of sp³-hybridized carbons (Fsp3) is 0.263. The van der Waals surface area contributed by atoms with Gasteiger partial charge < -0.3 is 14.2 Å². The fourth-order valence-corrected chi connectivity index (χ4v) is 2.39. The molecule has 144 valence electrons. The molecule has 0 amide bonds. The van der Waals surface area contributed by atoms with Crippen LogP contribution in [0.5, 0.6) is 5.88 Å². The number of carbonyl (C=O) groups is 1. The molecule has 8 heteroatoms. The second kappa shape index (κ2) is 8.57. The topological polar surface area (TPSA) is 57.7 Å². The molecule has 1 aromatic carbocycles. The van der Waals surface area contributed by atoms with Crippen molar-refractivity contribution in [1.82, 2.24) is 4.98 Å². The summed E-state index contributed by atoms with van der Waals surface area (Å²) in [6.07, 6.45) is -3.26. The van der Waals surface area contributed by atoms with E-state index in [-0.39, 0.29) is 23.8 Å². The zero-order valence-electron chi connectivity index (χ0n) is 15.0. The van der Waals surface area contributed by atoms with Gasteiger partial charge in [0.25, 0.3) is 0 Å². The van der Waals surface area contributed by atoms with Crippen molar-refractivity contribution >= 4 is 11.5 Å². The van der Waals surface area contributed by atoms with Crippen LogP contribution in [0.25, 0.3) is 5.57 Å². The third kappa shape index (κ3) is 5.22. The van der Waals surface area contributed by atoms with Crippen LogP contribution in [0.1, 0.15) is 22.4 Å². The smallest absolute Gasteiger partial charge is 0.416 e. The zero-order valence-corrected chi connectivity index (χ0v) is 15.0. The molecular formula is C19H18F3NO4. The molecule has 0 saturated carbocycles. The van der Waals surface area contributed by atoms with E-state index in [4.69, 9.17) is 14.2 Å². The molecule has 0 N–H and O–H groups in total. The number of esters is 1. The first-order valence-electron chi connectivity index (χ1n) is 7.84. The fourth-order valence-electron chi connectivity index (χ4n) is 2.39. The highest BCUT2D eigenvalue weighted by atomic mass is 19.4. The van der Waals surface area contributed by atoms with Gasteiger partial charge in [-0.15, -0.1) is 0 Å². The molecule has 0 aliphatic carbocycles. The summed E-state index contributed by atoms with van der Waals surface area (Å²) in [4.78, 5) is 16.0. The van der Waals surface area contributed by atoms with E-state index in [1.807, 2.05) is 0 Å². The zero-order chi connectivity index (χ0) is 20.0. The molecule has 0 bridgehead atoms. The van der Waals surface area contributed by atoms with Gasteiger partial charge in [-0.25, -0.2) is 9.78 Å². The summed E-state index contributed by atoms with van der Waals surface area (Å²) in [5, 5.41) is 0. The van der Waals surface area contributed by atoms with E-state index in [2.05, 4.69) is 4.98 Å². The Hall–Kier alpha value is -3.03. The van der Waals surface area contributed by atoms with E-state index >= 15 is 0 Å². The molecule has 27 heavy (non-hydrogen) atoms. The molecule has 0 fully saturated rings. The number of pyridine rings is 1. The highest BCUT2D eigenvalue weighted by Crippen LogP contribution is 2.31. The van der Waals surface area contributed by atoms with Crippen molar-refractivity contribution in [2.24, 2.45) is 0 Å². The number of ether oxygens (including phenoxy) is 3. The van der Waals surface area contributed by atoms with E-state index in [1.54, 1.807) is 24.3 Å². The number of aryl methyl sites for hydroxylation is 1. The third-order valence-electron chi connectivity index (χ3n) is 3.58. The van der Waals surface area contributed by atoms with E-state index in [1.165, 1.54) is 27.4 Å². The number of carbonyl (C=O) groups excluding carboxylic acids is 1. The van der Waals surface area contributed by atoms with Crippen LogP contribution in [-0.4, -0.2) is 25.2 Å². The number of methoxy groups -OCH3 is 2. The number of hydrogen-bond acceptors (Lipinski definition) is 5. The molecule has 5 nitrogen and oxygen atoms in total. The molecule has 1 heterocycles. The van der Waals surface area contributed by atoms with Crippen molar-refractivity contribution in [2.75, 3.05) is 14.2 Å². The molecular weight excluding hydrogens is 363 g/mol. The average molecular weight is 381 g/mol. The van der Waals surface area contributed by atoms with Gasteiger partial charge in [0.05, 0.1) is 26.0 Å². The van der Waals surface area contributed by atoms with Crippen molar-refractivity contribution in [3.05, 3.63) is 65.0 Å². The Kier molecular flexibility index (Phi) is 6.44. The molecule has 0 atom stereocenters. The van der Waals surface area contributed by atoms with Gasteiger partial charge in [0, 0.05) is 11.8 Å². The number of benzene rings is 1. The number of halogens is 3. The summed E-state index contributed by atoms with van der Waals surface area (Å²) >= 11 is 0. The lowest BCUT2D eigenvalue weighted by Crippen LogP contribution is -2.10. The second-order valence-electron chi connectivity index (χ2n) is 5.54. The predicted molar refractivity (Wildman–Crippen MR) is 91.8 cm³/mol. The lowest BCUT2D eigenvalue weighted by atomic mass is 10.0. The normalized spacial score (nSPS) is 11.9. The van der Waals surface area contributed by atoms with Crippen molar-refractivity contribution in [3.8, 4) is 5.88 Å². The summed E-state index contributed by atoms with van der Waals surface area (Å²) in [5.74, 6) is -0.773. The van der Waals surface area contributed by atoms with Crippen LogP contribution < -0.4 is 4.74 Å². The van der Waals surface area contributed by atoms with Crippen molar-refractivity contribution in [3.63, 3.8) is 0 Å². The maximum absolute atomic E-state index is 12.9. The lowest BCUT2D eigenvalue weighted by Gasteiger charge is -2.14.